The largest absolute Gasteiger partial charge is 0.315 e. The molecule has 3 rings (SSSR count). The Balaban J connectivity index is 1.67. The first-order valence-electron chi connectivity index (χ1n) is 7.36. The lowest BCUT2D eigenvalue weighted by atomic mass is 10.1. The summed E-state index contributed by atoms with van der Waals surface area (Å²) in [6.07, 6.45) is 0.0941. The van der Waals surface area contributed by atoms with Crippen molar-refractivity contribution in [1.82, 2.24) is 4.90 Å². The van der Waals surface area contributed by atoms with Gasteiger partial charge in [0.15, 0.2) is 0 Å². The molecular weight excluding hydrogens is 292 g/mol. The fourth-order valence-electron chi connectivity index (χ4n) is 2.61. The van der Waals surface area contributed by atoms with Gasteiger partial charge < -0.3 is 4.90 Å². The minimum atomic E-state index is -0.333. The van der Waals surface area contributed by atoms with Crippen LogP contribution in [-0.2, 0) is 4.79 Å². The average Bonchev–Trinajstić information content (AvgIpc) is 2.84. The number of amides is 3. The summed E-state index contributed by atoms with van der Waals surface area (Å²) in [5.74, 6) is -0.811. The molecule has 0 saturated carbocycles. The second-order valence-electron chi connectivity index (χ2n) is 5.35. The van der Waals surface area contributed by atoms with Crippen LogP contribution in [0.2, 0.25) is 0 Å². The van der Waals surface area contributed by atoms with Gasteiger partial charge in [-0.05, 0) is 24.3 Å². The highest BCUT2D eigenvalue weighted by Crippen LogP contribution is 2.22. The predicted octanol–water partition coefficient (Wildman–Crippen LogP) is 2.34. The SMILES string of the molecule is CN(C(=O)CCN1C(=O)c2ccccc2C1=O)c1ccccc1. The molecule has 0 radical (unpaired) electrons. The smallest absolute Gasteiger partial charge is 0.261 e. The number of rotatable bonds is 4. The molecule has 1 heterocycles. The molecule has 5 heteroatoms. The van der Waals surface area contributed by atoms with Crippen molar-refractivity contribution in [3.05, 3.63) is 65.7 Å². The molecule has 0 spiro atoms. The average molecular weight is 308 g/mol. The molecular formula is C18H16N2O3. The molecule has 0 unspecified atom stereocenters. The second kappa shape index (κ2) is 6.04. The molecule has 0 aromatic heterocycles. The summed E-state index contributed by atoms with van der Waals surface area (Å²) in [4.78, 5) is 39.4. The molecule has 23 heavy (non-hydrogen) atoms. The molecule has 2 aromatic carbocycles. The maximum Gasteiger partial charge on any atom is 0.261 e. The number of nitrogens with zero attached hydrogens (tertiary/aromatic N) is 2. The monoisotopic (exact) mass is 308 g/mol. The zero-order valence-electron chi connectivity index (χ0n) is 12.7. The lowest BCUT2D eigenvalue weighted by Gasteiger charge is -2.19. The van der Waals surface area contributed by atoms with E-state index in [-0.39, 0.29) is 30.7 Å². The minimum absolute atomic E-state index is 0.0857. The van der Waals surface area contributed by atoms with Crippen molar-refractivity contribution in [3.63, 3.8) is 0 Å². The first-order chi connectivity index (χ1) is 11.1. The van der Waals surface area contributed by atoms with Crippen LogP contribution in [0.15, 0.2) is 54.6 Å². The maximum absolute atomic E-state index is 12.3. The molecule has 3 amide bonds. The topological polar surface area (TPSA) is 57.7 Å². The highest BCUT2D eigenvalue weighted by atomic mass is 16.2. The van der Waals surface area contributed by atoms with Crippen LogP contribution in [0.5, 0.6) is 0 Å². The van der Waals surface area contributed by atoms with Gasteiger partial charge in [-0.25, -0.2) is 0 Å². The number of carbonyl (C=O) groups is 3. The van der Waals surface area contributed by atoms with Crippen LogP contribution in [0, 0.1) is 0 Å². The van der Waals surface area contributed by atoms with Crippen LogP contribution in [0.1, 0.15) is 27.1 Å². The number of fused-ring (bicyclic) bond motifs is 1. The van der Waals surface area contributed by atoms with Crippen molar-refractivity contribution in [3.8, 4) is 0 Å². The fraction of sp³-hybridized carbons (Fsp3) is 0.167. The Kier molecular flexibility index (Phi) is 3.93. The van der Waals surface area contributed by atoms with Crippen molar-refractivity contribution in [2.45, 2.75) is 6.42 Å². The zero-order chi connectivity index (χ0) is 16.4. The van der Waals surface area contributed by atoms with E-state index in [1.54, 1.807) is 31.3 Å². The van der Waals surface area contributed by atoms with E-state index in [1.807, 2.05) is 30.3 Å². The van der Waals surface area contributed by atoms with Crippen molar-refractivity contribution >= 4 is 23.4 Å². The van der Waals surface area contributed by atoms with Crippen molar-refractivity contribution in [2.75, 3.05) is 18.5 Å². The molecule has 0 atom stereocenters. The summed E-state index contributed by atoms with van der Waals surface area (Å²) in [6, 6.07) is 16.0. The van der Waals surface area contributed by atoms with E-state index < -0.39 is 0 Å². The Bertz CT molecular complexity index is 736. The number of para-hydroxylation sites is 1. The van der Waals surface area contributed by atoms with Crippen LogP contribution in [0.25, 0.3) is 0 Å². The zero-order valence-corrected chi connectivity index (χ0v) is 12.7. The number of hydrogen-bond acceptors (Lipinski definition) is 3. The van der Waals surface area contributed by atoms with Gasteiger partial charge in [-0.3, -0.25) is 19.3 Å². The molecule has 5 nitrogen and oxygen atoms in total. The lowest BCUT2D eigenvalue weighted by Crippen LogP contribution is -2.35. The van der Waals surface area contributed by atoms with E-state index in [1.165, 1.54) is 4.90 Å². The van der Waals surface area contributed by atoms with Crippen LogP contribution >= 0.6 is 0 Å². The number of carbonyl (C=O) groups excluding carboxylic acids is 3. The van der Waals surface area contributed by atoms with E-state index >= 15 is 0 Å². The molecule has 0 N–H and O–H groups in total. The quantitative estimate of drug-likeness (QED) is 0.815. The van der Waals surface area contributed by atoms with Gasteiger partial charge in [0, 0.05) is 25.7 Å². The van der Waals surface area contributed by atoms with Gasteiger partial charge in [0.1, 0.15) is 0 Å². The van der Waals surface area contributed by atoms with Gasteiger partial charge in [-0.2, -0.15) is 0 Å². The third-order valence-corrected chi connectivity index (χ3v) is 3.95. The summed E-state index contributed by atoms with van der Waals surface area (Å²) in [5.41, 5.74) is 1.59. The maximum atomic E-state index is 12.3. The number of anilines is 1. The molecule has 0 bridgehead atoms. The third kappa shape index (κ3) is 2.73. The van der Waals surface area contributed by atoms with E-state index in [9.17, 15) is 14.4 Å². The van der Waals surface area contributed by atoms with Crippen LogP contribution < -0.4 is 4.90 Å². The van der Waals surface area contributed by atoms with Gasteiger partial charge in [-0.1, -0.05) is 30.3 Å². The molecule has 1 aliphatic rings. The highest BCUT2D eigenvalue weighted by Gasteiger charge is 2.35. The number of benzene rings is 2. The summed E-state index contributed by atoms with van der Waals surface area (Å²) in [6.45, 7) is 0.0857. The lowest BCUT2D eigenvalue weighted by molar-refractivity contribution is -0.118. The van der Waals surface area contributed by atoms with Gasteiger partial charge in [0.2, 0.25) is 5.91 Å². The molecule has 2 aromatic rings. The highest BCUT2D eigenvalue weighted by molar-refractivity contribution is 6.21. The fourth-order valence-corrected chi connectivity index (χ4v) is 2.61. The van der Waals surface area contributed by atoms with Crippen molar-refractivity contribution < 1.29 is 14.4 Å². The van der Waals surface area contributed by atoms with Gasteiger partial charge >= 0.3 is 0 Å². The van der Waals surface area contributed by atoms with Crippen molar-refractivity contribution in [2.24, 2.45) is 0 Å². The van der Waals surface area contributed by atoms with Gasteiger partial charge in [0.05, 0.1) is 11.1 Å². The standard InChI is InChI=1S/C18H16N2O3/c1-19(13-7-3-2-4-8-13)16(21)11-12-20-17(22)14-9-5-6-10-15(14)18(20)23/h2-10H,11-12H2,1H3. The second-order valence-corrected chi connectivity index (χ2v) is 5.35. The van der Waals surface area contributed by atoms with Crippen LogP contribution in [0.4, 0.5) is 5.69 Å². The Morgan fingerprint density at radius 3 is 2.00 bits per heavy atom. The Labute approximate surface area is 134 Å². The Morgan fingerprint density at radius 1 is 0.913 bits per heavy atom. The van der Waals surface area contributed by atoms with Crippen LogP contribution in [0.3, 0.4) is 0 Å². The predicted molar refractivity (Wildman–Crippen MR) is 86.3 cm³/mol. The number of hydrogen-bond donors (Lipinski definition) is 0. The summed E-state index contributed by atoms with van der Waals surface area (Å²) in [7, 11) is 1.68. The van der Waals surface area contributed by atoms with E-state index in [0.29, 0.717) is 11.1 Å². The Morgan fingerprint density at radius 2 is 1.43 bits per heavy atom. The van der Waals surface area contributed by atoms with E-state index in [0.717, 1.165) is 10.6 Å². The number of imide groups is 1. The summed E-state index contributed by atoms with van der Waals surface area (Å²) in [5, 5.41) is 0. The van der Waals surface area contributed by atoms with E-state index in [2.05, 4.69) is 0 Å². The van der Waals surface area contributed by atoms with Gasteiger partial charge in [0.25, 0.3) is 11.8 Å². The normalized spacial score (nSPS) is 13.2. The summed E-state index contributed by atoms with van der Waals surface area (Å²) >= 11 is 0. The molecule has 1 aliphatic heterocycles. The van der Waals surface area contributed by atoms with E-state index in [4.69, 9.17) is 0 Å². The van der Waals surface area contributed by atoms with Crippen LogP contribution in [-0.4, -0.2) is 36.2 Å². The first kappa shape index (κ1) is 15.0. The summed E-state index contributed by atoms with van der Waals surface area (Å²) < 4.78 is 0. The molecule has 116 valence electrons. The first-order valence-corrected chi connectivity index (χ1v) is 7.36. The Hall–Kier alpha value is -2.95. The molecule has 0 fully saturated rings. The van der Waals surface area contributed by atoms with Crippen molar-refractivity contribution in [1.29, 1.82) is 0 Å². The third-order valence-electron chi connectivity index (χ3n) is 3.95. The van der Waals surface area contributed by atoms with Gasteiger partial charge in [-0.15, -0.1) is 0 Å². The molecule has 0 saturated heterocycles. The molecule has 0 aliphatic carbocycles. The minimum Gasteiger partial charge on any atom is -0.315 e.